The number of amides is 1. The van der Waals surface area contributed by atoms with Crippen molar-refractivity contribution in [3.05, 3.63) is 0 Å². The van der Waals surface area contributed by atoms with Gasteiger partial charge >= 0.3 is 5.97 Å². The topological polar surface area (TPSA) is 69.6 Å². The normalized spacial score (nSPS) is 25.3. The van der Waals surface area contributed by atoms with Gasteiger partial charge in [-0.05, 0) is 38.8 Å². The molecule has 0 unspecified atom stereocenters. The summed E-state index contributed by atoms with van der Waals surface area (Å²) in [5.74, 6) is -0.545. The molecule has 2 rings (SSSR count). The Morgan fingerprint density at radius 1 is 1.26 bits per heavy atom. The molecular weight excluding hydrogens is 264 g/mol. The molecule has 2 N–H and O–H groups in total. The Balaban J connectivity index is 1.74. The van der Waals surface area contributed by atoms with Gasteiger partial charge in [0, 0.05) is 18.3 Å². The lowest BCUT2D eigenvalue weighted by atomic mass is 9.98. The van der Waals surface area contributed by atoms with E-state index < -0.39 is 5.97 Å². The van der Waals surface area contributed by atoms with Gasteiger partial charge in [-0.15, -0.1) is 11.8 Å². The SMILES string of the molecule is O=C(O)[C@H]1CCCN(C(=O)CSC2CCNCC2)C1. The molecule has 19 heavy (non-hydrogen) atoms. The molecule has 2 saturated heterocycles. The van der Waals surface area contributed by atoms with Gasteiger partial charge in [0.25, 0.3) is 0 Å². The number of nitrogens with zero attached hydrogens (tertiary/aromatic N) is 1. The van der Waals surface area contributed by atoms with E-state index >= 15 is 0 Å². The van der Waals surface area contributed by atoms with E-state index in [1.54, 1.807) is 16.7 Å². The zero-order chi connectivity index (χ0) is 13.7. The summed E-state index contributed by atoms with van der Waals surface area (Å²) in [5.41, 5.74) is 0. The van der Waals surface area contributed by atoms with Crippen molar-refractivity contribution < 1.29 is 14.7 Å². The lowest BCUT2D eigenvalue weighted by Gasteiger charge is -2.31. The average Bonchev–Trinajstić information content (AvgIpc) is 2.46. The second kappa shape index (κ2) is 7.14. The van der Waals surface area contributed by atoms with Gasteiger partial charge in [0.15, 0.2) is 0 Å². The Bertz CT molecular complexity index is 332. The molecule has 0 radical (unpaired) electrons. The highest BCUT2D eigenvalue weighted by atomic mass is 32.2. The quantitative estimate of drug-likeness (QED) is 0.800. The van der Waals surface area contributed by atoms with Gasteiger partial charge in [0.2, 0.25) is 5.91 Å². The molecule has 0 spiro atoms. The fourth-order valence-electron chi connectivity index (χ4n) is 2.65. The first-order valence-corrected chi connectivity index (χ1v) is 8.04. The van der Waals surface area contributed by atoms with E-state index in [-0.39, 0.29) is 11.8 Å². The Morgan fingerprint density at radius 3 is 2.68 bits per heavy atom. The van der Waals surface area contributed by atoms with E-state index in [9.17, 15) is 9.59 Å². The summed E-state index contributed by atoms with van der Waals surface area (Å²) >= 11 is 1.73. The van der Waals surface area contributed by atoms with Gasteiger partial charge in [0.05, 0.1) is 11.7 Å². The van der Waals surface area contributed by atoms with Crippen molar-refractivity contribution in [1.82, 2.24) is 10.2 Å². The van der Waals surface area contributed by atoms with E-state index in [0.717, 1.165) is 38.9 Å². The molecular formula is C13H22N2O3S. The number of aliphatic carboxylic acids is 1. The minimum absolute atomic E-state index is 0.106. The van der Waals surface area contributed by atoms with Crippen molar-refractivity contribution in [1.29, 1.82) is 0 Å². The second-order valence-corrected chi connectivity index (χ2v) is 6.57. The molecule has 2 aliphatic heterocycles. The number of carboxylic acid groups (broad SMARTS) is 1. The summed E-state index contributed by atoms with van der Waals surface area (Å²) in [4.78, 5) is 24.8. The van der Waals surface area contributed by atoms with Gasteiger partial charge in [-0.3, -0.25) is 9.59 Å². The van der Waals surface area contributed by atoms with E-state index in [0.29, 0.717) is 24.0 Å². The van der Waals surface area contributed by atoms with Crippen molar-refractivity contribution in [2.24, 2.45) is 5.92 Å². The molecule has 1 amide bonds. The van der Waals surface area contributed by atoms with E-state index in [1.807, 2.05) is 0 Å². The zero-order valence-corrected chi connectivity index (χ0v) is 12.0. The minimum Gasteiger partial charge on any atom is -0.481 e. The highest BCUT2D eigenvalue weighted by Gasteiger charge is 2.28. The molecule has 5 nitrogen and oxygen atoms in total. The maximum atomic E-state index is 12.1. The summed E-state index contributed by atoms with van der Waals surface area (Å²) in [5, 5.41) is 12.9. The molecule has 0 aromatic rings. The van der Waals surface area contributed by atoms with E-state index in [4.69, 9.17) is 5.11 Å². The van der Waals surface area contributed by atoms with Crippen LogP contribution < -0.4 is 5.32 Å². The molecule has 108 valence electrons. The van der Waals surface area contributed by atoms with Crippen LogP contribution in [0.15, 0.2) is 0 Å². The summed E-state index contributed by atoms with van der Waals surface area (Å²) in [6.07, 6.45) is 3.74. The van der Waals surface area contributed by atoms with E-state index in [2.05, 4.69) is 5.32 Å². The highest BCUT2D eigenvalue weighted by Crippen LogP contribution is 2.22. The van der Waals surface area contributed by atoms with Crippen LogP contribution in [0.5, 0.6) is 0 Å². The zero-order valence-electron chi connectivity index (χ0n) is 11.1. The molecule has 6 heteroatoms. The minimum atomic E-state index is -0.775. The van der Waals surface area contributed by atoms with Crippen molar-refractivity contribution in [2.75, 3.05) is 31.9 Å². The number of likely N-dealkylation sites (tertiary alicyclic amines) is 1. The first kappa shape index (κ1) is 14.7. The monoisotopic (exact) mass is 286 g/mol. The lowest BCUT2D eigenvalue weighted by molar-refractivity contribution is -0.145. The molecule has 1 atom stereocenters. The van der Waals surface area contributed by atoms with Crippen molar-refractivity contribution >= 4 is 23.6 Å². The van der Waals surface area contributed by atoms with Crippen LogP contribution in [0.2, 0.25) is 0 Å². The van der Waals surface area contributed by atoms with Crippen LogP contribution in [0, 0.1) is 5.92 Å². The third-order valence-corrected chi connectivity index (χ3v) is 5.21. The highest BCUT2D eigenvalue weighted by molar-refractivity contribution is 8.00. The molecule has 2 aliphatic rings. The number of hydrogen-bond donors (Lipinski definition) is 2. The number of hydrogen-bond acceptors (Lipinski definition) is 4. The Labute approximate surface area is 118 Å². The second-order valence-electron chi connectivity index (χ2n) is 5.28. The maximum absolute atomic E-state index is 12.1. The molecule has 0 aliphatic carbocycles. The molecule has 2 fully saturated rings. The number of carbonyl (C=O) groups excluding carboxylic acids is 1. The summed E-state index contributed by atoms with van der Waals surface area (Å²) < 4.78 is 0. The Kier molecular flexibility index (Phi) is 5.51. The Morgan fingerprint density at radius 2 is 2.00 bits per heavy atom. The standard InChI is InChI=1S/C13H22N2O3S/c16-12(9-19-11-3-5-14-6-4-11)15-7-1-2-10(8-15)13(17)18/h10-11,14H,1-9H2,(H,17,18)/t10-/m0/s1. The molecule has 0 aromatic heterocycles. The van der Waals surface area contributed by atoms with Crippen LogP contribution in [-0.4, -0.2) is 59.1 Å². The average molecular weight is 286 g/mol. The number of nitrogens with one attached hydrogen (secondary N) is 1. The maximum Gasteiger partial charge on any atom is 0.308 e. The first-order valence-electron chi connectivity index (χ1n) is 6.99. The largest absolute Gasteiger partial charge is 0.481 e. The summed E-state index contributed by atoms with van der Waals surface area (Å²) in [7, 11) is 0. The first-order chi connectivity index (χ1) is 9.16. The predicted molar refractivity (Wildman–Crippen MR) is 75.3 cm³/mol. The van der Waals surface area contributed by atoms with Crippen LogP contribution >= 0.6 is 11.8 Å². The van der Waals surface area contributed by atoms with Gasteiger partial charge < -0.3 is 15.3 Å². The van der Waals surface area contributed by atoms with Crippen molar-refractivity contribution in [3.8, 4) is 0 Å². The van der Waals surface area contributed by atoms with Gasteiger partial charge in [-0.1, -0.05) is 0 Å². The van der Waals surface area contributed by atoms with Crippen LogP contribution in [0.25, 0.3) is 0 Å². The van der Waals surface area contributed by atoms with Gasteiger partial charge in [0.1, 0.15) is 0 Å². The van der Waals surface area contributed by atoms with Crippen LogP contribution in [0.4, 0.5) is 0 Å². The molecule has 0 aromatic carbocycles. The van der Waals surface area contributed by atoms with Crippen LogP contribution in [-0.2, 0) is 9.59 Å². The van der Waals surface area contributed by atoms with Crippen molar-refractivity contribution in [2.45, 2.75) is 30.9 Å². The van der Waals surface area contributed by atoms with Gasteiger partial charge in [-0.25, -0.2) is 0 Å². The number of rotatable bonds is 4. The van der Waals surface area contributed by atoms with Crippen LogP contribution in [0.1, 0.15) is 25.7 Å². The van der Waals surface area contributed by atoms with Crippen molar-refractivity contribution in [3.63, 3.8) is 0 Å². The Hall–Kier alpha value is -0.750. The third kappa shape index (κ3) is 4.38. The van der Waals surface area contributed by atoms with E-state index in [1.165, 1.54) is 0 Å². The smallest absolute Gasteiger partial charge is 0.308 e. The number of thioether (sulfide) groups is 1. The summed E-state index contributed by atoms with van der Waals surface area (Å²) in [6.45, 7) is 3.18. The fourth-order valence-corrected chi connectivity index (χ4v) is 3.78. The summed E-state index contributed by atoms with van der Waals surface area (Å²) in [6, 6.07) is 0. The third-order valence-electron chi connectivity index (χ3n) is 3.85. The number of carbonyl (C=O) groups is 2. The fraction of sp³-hybridized carbons (Fsp3) is 0.846. The number of carboxylic acids is 1. The molecule has 0 bridgehead atoms. The lowest BCUT2D eigenvalue weighted by Crippen LogP contribution is -2.43. The molecule has 0 saturated carbocycles. The van der Waals surface area contributed by atoms with Crippen LogP contribution in [0.3, 0.4) is 0 Å². The van der Waals surface area contributed by atoms with Gasteiger partial charge in [-0.2, -0.15) is 0 Å². The number of piperidine rings is 2. The molecule has 2 heterocycles. The predicted octanol–water partition coefficient (Wildman–Crippen LogP) is 0.795.